The number of nitrogens with zero attached hydrogens (tertiary/aromatic N) is 3. The number of hydrogen-bond acceptors (Lipinski definition) is 7. The number of carbonyl (C=O) groups is 3. The van der Waals surface area contributed by atoms with Crippen LogP contribution in [0.4, 0.5) is 23.1 Å². The second-order valence-corrected chi connectivity index (χ2v) is 40.6. The van der Waals surface area contributed by atoms with Crippen molar-refractivity contribution in [2.75, 3.05) is 27.8 Å². The van der Waals surface area contributed by atoms with E-state index < -0.39 is 0 Å². The van der Waals surface area contributed by atoms with E-state index in [1.54, 1.807) is 18.0 Å². The first-order chi connectivity index (χ1) is 66.0. The Morgan fingerprint density at radius 3 is 0.898 bits per heavy atom. The number of anilines is 4. The highest BCUT2D eigenvalue weighted by Gasteiger charge is 2.39. The second-order valence-electron chi connectivity index (χ2n) is 40.6. The highest BCUT2D eigenvalue weighted by molar-refractivity contribution is 5.97. The predicted molar refractivity (Wildman–Crippen MR) is 577 cm³/mol. The number of nitrogens with one attached hydrogen (secondary N) is 4. The fourth-order valence-corrected chi connectivity index (χ4v) is 22.7. The van der Waals surface area contributed by atoms with Crippen LogP contribution >= 0.6 is 0 Å². The van der Waals surface area contributed by atoms with Crippen molar-refractivity contribution in [3.63, 3.8) is 0 Å². The molecule has 696 valence electrons. The van der Waals surface area contributed by atoms with Crippen LogP contribution in [0.1, 0.15) is 223 Å². The van der Waals surface area contributed by atoms with Crippen LogP contribution in [-0.2, 0) is 14.4 Å². The average molecular weight is 1810 g/mol. The molecule has 2 heterocycles. The zero-order valence-corrected chi connectivity index (χ0v) is 83.7. The largest absolute Gasteiger partial charge is 0.385 e. The Bertz CT molecular complexity index is 7030. The van der Waals surface area contributed by atoms with Gasteiger partial charge in [0.25, 0.3) is 0 Å². The molecular formula is C127H135N7O3. The monoisotopic (exact) mass is 1810 g/mol. The molecule has 4 saturated carbocycles. The third kappa shape index (κ3) is 21.2. The zero-order chi connectivity index (χ0) is 96.1. The Balaban J connectivity index is 0.000000127. The van der Waals surface area contributed by atoms with E-state index in [1.807, 2.05) is 42.6 Å². The van der Waals surface area contributed by atoms with Crippen molar-refractivity contribution in [1.82, 2.24) is 15.0 Å². The Kier molecular flexibility index (Phi) is 29.0. The third-order valence-electron chi connectivity index (χ3n) is 31.2. The van der Waals surface area contributed by atoms with Gasteiger partial charge in [-0.3, -0.25) is 19.7 Å². The van der Waals surface area contributed by atoms with Gasteiger partial charge in [-0.25, -0.2) is 15.0 Å². The molecule has 0 aliphatic heterocycles. The number of fused-ring (bicyclic) bond motifs is 4. The SMILES string of the molecule is Cc1cc2cc(C)c(C3CCCC3C(=O)Nc3ccc(-c4ccccc4C)cc3C)cc2cc1C.Cc1cc2cc(C)c(C3CCCC3C(=O)Nc3ccc(-c4ccccc4C)cn3)cc2cc1C.Cc1cc2cc(C)c(C3CCCC3C(=O)Nc3ncc(-c4ccccc4C)cn3)cc2cc1C.Cc1cc2cc(C)c(C3CCCC3CNc3ccc(-c4ccccc4C)cc3C)cc2cc1C. The van der Waals surface area contributed by atoms with Crippen molar-refractivity contribution in [1.29, 1.82) is 0 Å². The van der Waals surface area contributed by atoms with Crippen LogP contribution in [0.15, 0.2) is 261 Å². The fraction of sp³-hybridized carbons (Fsp3) is 0.307. The lowest BCUT2D eigenvalue weighted by atomic mass is 9.84. The van der Waals surface area contributed by atoms with Gasteiger partial charge in [-0.2, -0.15) is 0 Å². The highest BCUT2D eigenvalue weighted by Crippen LogP contribution is 2.49. The normalized spacial score (nSPS) is 17.8. The molecule has 0 spiro atoms. The topological polar surface area (TPSA) is 138 Å². The summed E-state index contributed by atoms with van der Waals surface area (Å²) >= 11 is 0. The summed E-state index contributed by atoms with van der Waals surface area (Å²) in [7, 11) is 0. The van der Waals surface area contributed by atoms with Gasteiger partial charge in [-0.05, 0) is 441 Å². The van der Waals surface area contributed by atoms with Gasteiger partial charge in [-0.15, -0.1) is 0 Å². The maximum Gasteiger partial charge on any atom is 0.230 e. The second kappa shape index (κ2) is 41.6. The minimum atomic E-state index is -0.0673. The Morgan fingerprint density at radius 2 is 0.540 bits per heavy atom. The summed E-state index contributed by atoms with van der Waals surface area (Å²) in [5, 5.41) is 23.6. The van der Waals surface area contributed by atoms with Gasteiger partial charge < -0.3 is 16.0 Å². The lowest BCUT2D eigenvalue weighted by Crippen LogP contribution is -2.26. The third-order valence-corrected chi connectivity index (χ3v) is 31.2. The number of hydrogen-bond donors (Lipinski definition) is 4. The molecule has 8 unspecified atom stereocenters. The van der Waals surface area contributed by atoms with Crippen LogP contribution in [0, 0.1) is 148 Å². The van der Waals surface area contributed by atoms with E-state index in [1.165, 1.54) is 207 Å². The van der Waals surface area contributed by atoms with Gasteiger partial charge >= 0.3 is 0 Å². The van der Waals surface area contributed by atoms with Crippen molar-refractivity contribution >= 4 is 84.0 Å². The van der Waals surface area contributed by atoms with Gasteiger partial charge in [-0.1, -0.05) is 232 Å². The maximum absolute atomic E-state index is 13.5. The predicted octanol–water partition coefficient (Wildman–Crippen LogP) is 32.3. The first kappa shape index (κ1) is 95.3. The standard InChI is InChI=1S/C33H35NO.C33H37N.C31H32N2O.C30H31N3O/c1-20-9-6-7-10-28(20)25-13-14-32(24(5)18-25)34-33(35)30-12-8-11-29(30)31-19-27-16-22(3)21(2)15-26(27)17-23(31)4;1-21-9-6-7-11-30(21)26-13-14-33(25(5)18-26)34-20-27-10-8-12-31(27)32-19-29-16-23(3)22(2)15-28(29)17-24(32)4;1-19-8-5-6-9-26(19)23-12-13-30(32-18-23)33-31(34)28-11-7-10-27(28)29-17-25-15-21(3)20(2)14-24(25)16-22(29)4;1-18-8-5-6-9-25(18)24-16-31-30(32-17-24)33-29(34)27-11-7-10-26(27)28-15-23-13-20(3)19(2)12-22(23)14-21(28)4/h6-7,9-10,13-19,29-30H,8,11-12H2,1-5H3,(H,34,35);6-7,9,11,13-19,27,31,34H,8,10,12,20H2,1-5H3;5-6,8-9,12-18,27-28H,7,10-11H2,1-4H3,(H,32,33,34);5-6,8-9,12-17,26-27H,7,10-11H2,1-4H3,(H,31,32,33,34). The minimum absolute atomic E-state index is 0.00754. The number of rotatable bonds is 17. The van der Waals surface area contributed by atoms with E-state index in [0.29, 0.717) is 23.6 Å². The minimum Gasteiger partial charge on any atom is -0.385 e. The lowest BCUT2D eigenvalue weighted by Gasteiger charge is -2.24. The Morgan fingerprint density at radius 1 is 0.248 bits per heavy atom. The molecule has 2 aromatic heterocycles. The molecule has 16 aromatic rings. The number of amides is 3. The summed E-state index contributed by atoms with van der Waals surface area (Å²) in [6.07, 6.45) is 18.5. The molecule has 14 aromatic carbocycles. The van der Waals surface area contributed by atoms with Crippen LogP contribution in [0.25, 0.3) is 87.6 Å². The molecule has 0 saturated heterocycles. The quantitative estimate of drug-likeness (QED) is 0.0712. The molecule has 3 amide bonds. The van der Waals surface area contributed by atoms with Gasteiger partial charge in [0.05, 0.1) is 0 Å². The van der Waals surface area contributed by atoms with E-state index in [9.17, 15) is 14.4 Å². The summed E-state index contributed by atoms with van der Waals surface area (Å²) in [6.45, 7) is 40.1. The lowest BCUT2D eigenvalue weighted by molar-refractivity contribution is -0.120. The number of aryl methyl sites for hydroxylation is 18. The van der Waals surface area contributed by atoms with Crippen LogP contribution in [-0.4, -0.2) is 39.2 Å². The molecule has 4 aliphatic rings. The van der Waals surface area contributed by atoms with Gasteiger partial charge in [0, 0.05) is 65.4 Å². The highest BCUT2D eigenvalue weighted by atomic mass is 16.2. The number of pyridine rings is 1. The zero-order valence-electron chi connectivity index (χ0n) is 83.7. The molecule has 0 bridgehead atoms. The molecule has 0 radical (unpaired) electrons. The van der Waals surface area contributed by atoms with Crippen molar-refractivity contribution in [2.45, 2.75) is 225 Å². The summed E-state index contributed by atoms with van der Waals surface area (Å²) in [6, 6.07) is 87.8. The van der Waals surface area contributed by atoms with Crippen LogP contribution in [0.5, 0.6) is 0 Å². The summed E-state index contributed by atoms with van der Waals surface area (Å²) < 4.78 is 0. The molecule has 20 rings (SSSR count). The summed E-state index contributed by atoms with van der Waals surface area (Å²) in [5.74, 6) is 3.22. The fourth-order valence-electron chi connectivity index (χ4n) is 22.7. The van der Waals surface area contributed by atoms with Crippen molar-refractivity contribution in [2.24, 2.45) is 23.7 Å². The Labute approximate surface area is 812 Å². The smallest absolute Gasteiger partial charge is 0.230 e. The van der Waals surface area contributed by atoms with E-state index in [0.717, 1.165) is 92.3 Å². The maximum atomic E-state index is 13.5. The number of benzene rings is 14. The first-order valence-corrected chi connectivity index (χ1v) is 50.0. The van der Waals surface area contributed by atoms with E-state index in [4.69, 9.17) is 0 Å². The number of carbonyl (C=O) groups excluding carboxylic acids is 3. The van der Waals surface area contributed by atoms with Gasteiger partial charge in [0.1, 0.15) is 5.82 Å². The molecule has 8 atom stereocenters. The van der Waals surface area contributed by atoms with Crippen molar-refractivity contribution in [3.05, 3.63) is 384 Å². The molecule has 10 heteroatoms. The molecule has 4 fully saturated rings. The van der Waals surface area contributed by atoms with Gasteiger partial charge in [0.15, 0.2) is 0 Å². The summed E-state index contributed by atoms with van der Waals surface area (Å²) in [4.78, 5) is 53.6. The van der Waals surface area contributed by atoms with Crippen LogP contribution < -0.4 is 21.3 Å². The molecule has 137 heavy (non-hydrogen) atoms. The average Bonchev–Trinajstić information content (AvgIpc) is 1.72. The molecule has 10 nitrogen and oxygen atoms in total. The Hall–Kier alpha value is -13.4. The molecule has 4 aliphatic carbocycles. The van der Waals surface area contributed by atoms with Gasteiger partial charge in [0.2, 0.25) is 23.7 Å². The van der Waals surface area contributed by atoms with Crippen molar-refractivity contribution in [3.8, 4) is 44.5 Å². The van der Waals surface area contributed by atoms with E-state index in [-0.39, 0.29) is 53.2 Å². The van der Waals surface area contributed by atoms with Crippen LogP contribution in [0.2, 0.25) is 0 Å². The first-order valence-electron chi connectivity index (χ1n) is 50.0. The van der Waals surface area contributed by atoms with E-state index >= 15 is 0 Å². The summed E-state index contributed by atoms with van der Waals surface area (Å²) in [5.41, 5.74) is 40.4. The van der Waals surface area contributed by atoms with Crippen LogP contribution in [0.3, 0.4) is 0 Å². The van der Waals surface area contributed by atoms with Crippen molar-refractivity contribution < 1.29 is 14.4 Å². The molecule has 4 N–H and O–H groups in total. The van der Waals surface area contributed by atoms with E-state index in [2.05, 4.69) is 367 Å². The molecular weight excluding hydrogens is 1670 g/mol. The number of aromatic nitrogens is 3.